The molecule has 0 unspecified atom stereocenters. The van der Waals surface area contributed by atoms with Gasteiger partial charge in [-0.25, -0.2) is 0 Å². The standard InChI is InChI=1S/C10H13IN2.ClH/c11-9-1-3-10(4-2-9)13-7-5-12-6-8-13;/h1-4,12H,5-8H2;1H. The van der Waals surface area contributed by atoms with Gasteiger partial charge in [-0.2, -0.15) is 0 Å². The lowest BCUT2D eigenvalue weighted by molar-refractivity contribution is 0.589. The van der Waals surface area contributed by atoms with Gasteiger partial charge in [0.25, 0.3) is 0 Å². The minimum atomic E-state index is 0. The van der Waals surface area contributed by atoms with E-state index in [0.29, 0.717) is 0 Å². The number of anilines is 1. The number of halogens is 2. The maximum absolute atomic E-state index is 3.35. The zero-order valence-electron chi connectivity index (χ0n) is 7.87. The van der Waals surface area contributed by atoms with Gasteiger partial charge in [-0.3, -0.25) is 0 Å². The average molecular weight is 325 g/mol. The van der Waals surface area contributed by atoms with Crippen LogP contribution in [0.5, 0.6) is 0 Å². The van der Waals surface area contributed by atoms with Gasteiger partial charge < -0.3 is 10.2 Å². The fraction of sp³-hybridized carbons (Fsp3) is 0.400. The third-order valence-electron chi connectivity index (χ3n) is 2.31. The minimum Gasteiger partial charge on any atom is -0.369 e. The monoisotopic (exact) mass is 324 g/mol. The average Bonchev–Trinajstić information content (AvgIpc) is 2.20. The van der Waals surface area contributed by atoms with Gasteiger partial charge in [0.2, 0.25) is 0 Å². The molecule has 1 N–H and O–H groups in total. The van der Waals surface area contributed by atoms with Crippen LogP contribution < -0.4 is 10.2 Å². The summed E-state index contributed by atoms with van der Waals surface area (Å²) in [7, 11) is 0. The summed E-state index contributed by atoms with van der Waals surface area (Å²) in [5.74, 6) is 0. The van der Waals surface area contributed by atoms with E-state index in [1.54, 1.807) is 0 Å². The van der Waals surface area contributed by atoms with E-state index in [-0.39, 0.29) is 12.4 Å². The van der Waals surface area contributed by atoms with Crippen molar-refractivity contribution < 1.29 is 0 Å². The van der Waals surface area contributed by atoms with Crippen molar-refractivity contribution >= 4 is 40.7 Å². The number of hydrogen-bond acceptors (Lipinski definition) is 2. The molecular formula is C10H14ClIN2. The second-order valence-corrected chi connectivity index (χ2v) is 4.46. The molecule has 1 aliphatic rings. The van der Waals surface area contributed by atoms with E-state index in [1.807, 2.05) is 0 Å². The van der Waals surface area contributed by atoms with Crippen molar-refractivity contribution in [1.29, 1.82) is 0 Å². The summed E-state index contributed by atoms with van der Waals surface area (Å²) in [5.41, 5.74) is 1.35. The maximum Gasteiger partial charge on any atom is 0.0367 e. The Morgan fingerprint density at radius 1 is 1.07 bits per heavy atom. The highest BCUT2D eigenvalue weighted by Gasteiger charge is 2.09. The quantitative estimate of drug-likeness (QED) is 0.796. The first-order valence-corrected chi connectivity index (χ1v) is 5.65. The molecule has 0 bridgehead atoms. The van der Waals surface area contributed by atoms with E-state index in [0.717, 1.165) is 26.2 Å². The number of benzene rings is 1. The molecule has 4 heteroatoms. The zero-order valence-corrected chi connectivity index (χ0v) is 10.8. The molecule has 78 valence electrons. The van der Waals surface area contributed by atoms with Crippen LogP contribution in [0.2, 0.25) is 0 Å². The van der Waals surface area contributed by atoms with Crippen molar-refractivity contribution in [1.82, 2.24) is 5.32 Å². The Bertz CT molecular complexity index is 270. The lowest BCUT2D eigenvalue weighted by Gasteiger charge is -2.29. The number of nitrogens with zero attached hydrogens (tertiary/aromatic N) is 1. The molecule has 1 aromatic rings. The van der Waals surface area contributed by atoms with E-state index in [9.17, 15) is 0 Å². The highest BCUT2D eigenvalue weighted by molar-refractivity contribution is 14.1. The first-order valence-electron chi connectivity index (χ1n) is 4.57. The summed E-state index contributed by atoms with van der Waals surface area (Å²) in [6, 6.07) is 8.73. The Morgan fingerprint density at radius 2 is 1.64 bits per heavy atom. The third-order valence-corrected chi connectivity index (χ3v) is 3.03. The maximum atomic E-state index is 3.35. The van der Waals surface area contributed by atoms with Crippen LogP contribution in [0.1, 0.15) is 0 Å². The van der Waals surface area contributed by atoms with Crippen molar-refractivity contribution in [3.63, 3.8) is 0 Å². The normalized spacial score (nSPS) is 16.2. The molecule has 1 fully saturated rings. The molecule has 0 spiro atoms. The van der Waals surface area contributed by atoms with Crippen molar-refractivity contribution in [3.8, 4) is 0 Å². The summed E-state index contributed by atoms with van der Waals surface area (Å²) in [6.07, 6.45) is 0. The zero-order chi connectivity index (χ0) is 9.10. The first kappa shape index (κ1) is 12.1. The smallest absolute Gasteiger partial charge is 0.0367 e. The van der Waals surface area contributed by atoms with Crippen LogP contribution in [0.4, 0.5) is 5.69 Å². The summed E-state index contributed by atoms with van der Waals surface area (Å²) in [5, 5.41) is 3.35. The van der Waals surface area contributed by atoms with Crippen molar-refractivity contribution in [2.24, 2.45) is 0 Å². The molecule has 14 heavy (non-hydrogen) atoms. The molecule has 0 aromatic heterocycles. The van der Waals surface area contributed by atoms with Gasteiger partial charge in [0.15, 0.2) is 0 Å². The van der Waals surface area contributed by atoms with Crippen LogP contribution in [-0.4, -0.2) is 26.2 Å². The first-order chi connectivity index (χ1) is 6.36. The lowest BCUT2D eigenvalue weighted by atomic mass is 10.2. The molecule has 2 nitrogen and oxygen atoms in total. The van der Waals surface area contributed by atoms with Crippen molar-refractivity contribution in [2.45, 2.75) is 0 Å². The largest absolute Gasteiger partial charge is 0.369 e. The Kier molecular flexibility index (Phi) is 4.98. The van der Waals surface area contributed by atoms with Crippen LogP contribution >= 0.6 is 35.0 Å². The fourth-order valence-electron chi connectivity index (χ4n) is 1.57. The summed E-state index contributed by atoms with van der Waals surface area (Å²) >= 11 is 2.34. The van der Waals surface area contributed by atoms with Crippen LogP contribution in [-0.2, 0) is 0 Å². The Hall–Kier alpha value is 0. The third kappa shape index (κ3) is 3.00. The molecule has 1 aromatic carbocycles. The number of rotatable bonds is 1. The highest BCUT2D eigenvalue weighted by atomic mass is 127. The van der Waals surface area contributed by atoms with Gasteiger partial charge in [-0.15, -0.1) is 12.4 Å². The van der Waals surface area contributed by atoms with Crippen LogP contribution in [0.15, 0.2) is 24.3 Å². The molecule has 0 atom stereocenters. The van der Waals surface area contributed by atoms with Crippen LogP contribution in [0, 0.1) is 3.57 Å². The number of piperazine rings is 1. The second-order valence-electron chi connectivity index (χ2n) is 3.21. The van der Waals surface area contributed by atoms with Gasteiger partial charge in [0.05, 0.1) is 0 Å². The fourth-order valence-corrected chi connectivity index (χ4v) is 1.93. The van der Waals surface area contributed by atoms with Crippen molar-refractivity contribution in [3.05, 3.63) is 27.8 Å². The second kappa shape index (κ2) is 5.78. The Morgan fingerprint density at radius 3 is 2.21 bits per heavy atom. The number of nitrogens with one attached hydrogen (secondary N) is 1. The molecule has 1 aliphatic heterocycles. The van der Waals surface area contributed by atoms with Gasteiger partial charge in [0.1, 0.15) is 0 Å². The summed E-state index contributed by atoms with van der Waals surface area (Å²) < 4.78 is 1.30. The molecular weight excluding hydrogens is 310 g/mol. The molecule has 2 rings (SSSR count). The summed E-state index contributed by atoms with van der Waals surface area (Å²) in [4.78, 5) is 2.42. The minimum absolute atomic E-state index is 0. The van der Waals surface area contributed by atoms with Gasteiger partial charge in [-0.05, 0) is 46.9 Å². The highest BCUT2D eigenvalue weighted by Crippen LogP contribution is 2.16. The SMILES string of the molecule is Cl.Ic1ccc(N2CCNCC2)cc1. The van der Waals surface area contributed by atoms with Gasteiger partial charge >= 0.3 is 0 Å². The lowest BCUT2D eigenvalue weighted by Crippen LogP contribution is -2.43. The Balaban J connectivity index is 0.000000980. The number of hydrogen-bond donors (Lipinski definition) is 1. The van der Waals surface area contributed by atoms with E-state index in [1.165, 1.54) is 9.26 Å². The topological polar surface area (TPSA) is 15.3 Å². The van der Waals surface area contributed by atoms with Gasteiger partial charge in [0, 0.05) is 35.4 Å². The molecule has 0 aliphatic carbocycles. The van der Waals surface area contributed by atoms with Crippen molar-refractivity contribution in [2.75, 3.05) is 31.1 Å². The van der Waals surface area contributed by atoms with E-state index in [4.69, 9.17) is 0 Å². The van der Waals surface area contributed by atoms with E-state index < -0.39 is 0 Å². The molecule has 0 amide bonds. The molecule has 0 saturated carbocycles. The van der Waals surface area contributed by atoms with E-state index in [2.05, 4.69) is 57.1 Å². The molecule has 0 radical (unpaired) electrons. The predicted octanol–water partition coefficient (Wildman–Crippen LogP) is 2.12. The van der Waals surface area contributed by atoms with Crippen LogP contribution in [0.25, 0.3) is 0 Å². The van der Waals surface area contributed by atoms with Crippen LogP contribution in [0.3, 0.4) is 0 Å². The summed E-state index contributed by atoms with van der Waals surface area (Å²) in [6.45, 7) is 4.46. The molecule has 1 heterocycles. The predicted molar refractivity (Wildman–Crippen MR) is 71.5 cm³/mol. The van der Waals surface area contributed by atoms with E-state index >= 15 is 0 Å². The Labute approximate surface area is 105 Å². The van der Waals surface area contributed by atoms with Gasteiger partial charge in [-0.1, -0.05) is 0 Å². The molecule has 1 saturated heterocycles.